The molecule has 0 spiro atoms. The molecule has 7 heteroatoms. The molecule has 0 aliphatic rings. The molecular weight excluding hydrogens is 562 g/mol. The van der Waals surface area contributed by atoms with E-state index >= 15 is 0 Å². The number of nitrogens with one attached hydrogen (secondary N) is 3. The second kappa shape index (κ2) is 10.5. The highest BCUT2D eigenvalue weighted by molar-refractivity contribution is 6.02. The first kappa shape index (κ1) is 26.9. The topological polar surface area (TPSA) is 104 Å². The van der Waals surface area contributed by atoms with E-state index in [0.717, 1.165) is 89.9 Å². The maximum Gasteiger partial charge on any atom is 0.152 e. The van der Waals surface area contributed by atoms with Crippen LogP contribution in [0.3, 0.4) is 0 Å². The van der Waals surface area contributed by atoms with Crippen LogP contribution in [-0.4, -0.2) is 34.6 Å². The molecule has 0 bridgehead atoms. The number of rotatable bonds is 8. The molecule has 3 N–H and O–H groups in total. The van der Waals surface area contributed by atoms with E-state index in [4.69, 9.17) is 9.15 Å². The Morgan fingerprint density at radius 2 is 1.33 bits per heavy atom. The number of carbonyl (C=O) groups excluding carboxylic acids is 2. The number of carbonyl (C=O) groups is 2. The molecule has 0 amide bonds. The van der Waals surface area contributed by atoms with Gasteiger partial charge >= 0.3 is 0 Å². The summed E-state index contributed by atoms with van der Waals surface area (Å²) >= 11 is 0. The number of benzene rings is 4. The summed E-state index contributed by atoms with van der Waals surface area (Å²) in [4.78, 5) is 35.1. The molecule has 4 aromatic heterocycles. The minimum atomic E-state index is -0.488. The van der Waals surface area contributed by atoms with Crippen LogP contribution in [0.25, 0.3) is 54.8 Å². The van der Waals surface area contributed by atoms with Crippen LogP contribution >= 0.6 is 0 Å². The lowest BCUT2D eigenvalue weighted by molar-refractivity contribution is 0.110. The van der Waals surface area contributed by atoms with E-state index in [0.29, 0.717) is 11.1 Å². The second-order valence-corrected chi connectivity index (χ2v) is 11.5. The van der Waals surface area contributed by atoms with Crippen molar-refractivity contribution in [3.05, 3.63) is 131 Å². The first-order valence-electron chi connectivity index (χ1n) is 14.9. The highest BCUT2D eigenvalue weighted by atomic mass is 16.5. The van der Waals surface area contributed by atoms with Crippen LogP contribution in [0.1, 0.15) is 62.2 Å². The zero-order valence-corrected chi connectivity index (χ0v) is 24.7. The number of para-hydroxylation sites is 2. The molecule has 45 heavy (non-hydrogen) atoms. The summed E-state index contributed by atoms with van der Waals surface area (Å²) in [5.74, 6) is -0.0738. The lowest BCUT2D eigenvalue weighted by Gasteiger charge is -2.15. The van der Waals surface area contributed by atoms with Crippen molar-refractivity contribution in [1.29, 1.82) is 0 Å². The first-order chi connectivity index (χ1) is 22.1. The van der Waals surface area contributed by atoms with Crippen LogP contribution in [0.2, 0.25) is 0 Å². The van der Waals surface area contributed by atoms with Gasteiger partial charge in [0, 0.05) is 85.3 Å². The van der Waals surface area contributed by atoms with Crippen LogP contribution in [-0.2, 0) is 4.74 Å². The smallest absolute Gasteiger partial charge is 0.152 e. The van der Waals surface area contributed by atoms with Gasteiger partial charge in [-0.3, -0.25) is 9.59 Å². The predicted molar refractivity (Wildman–Crippen MR) is 177 cm³/mol. The SMILES string of the molecule is COC(c1[nH]c2ccccc2c1C=O)c1c[nH]c2ccc(-c3ccc4[nH]c(C(C)c5coc6ccccc56)c(C=O)c4c3)cc12. The summed E-state index contributed by atoms with van der Waals surface area (Å²) in [5.41, 5.74) is 10.3. The summed E-state index contributed by atoms with van der Waals surface area (Å²) in [7, 11) is 1.65. The molecular formula is C38H29N3O4. The maximum absolute atomic E-state index is 12.5. The molecule has 8 aromatic rings. The molecule has 0 saturated heterocycles. The number of ether oxygens (including phenoxy) is 1. The van der Waals surface area contributed by atoms with Crippen LogP contribution in [0.15, 0.2) is 102 Å². The average molecular weight is 592 g/mol. The molecule has 0 radical (unpaired) electrons. The molecule has 0 saturated carbocycles. The Morgan fingerprint density at radius 1 is 0.689 bits per heavy atom. The fraction of sp³-hybridized carbons (Fsp3) is 0.105. The molecule has 8 rings (SSSR count). The summed E-state index contributed by atoms with van der Waals surface area (Å²) in [6.45, 7) is 2.09. The highest BCUT2D eigenvalue weighted by Gasteiger charge is 2.25. The van der Waals surface area contributed by atoms with Crippen molar-refractivity contribution in [3.8, 4) is 11.1 Å². The average Bonchev–Trinajstić information content (AvgIpc) is 3.86. The van der Waals surface area contributed by atoms with Crippen molar-refractivity contribution in [1.82, 2.24) is 15.0 Å². The number of aldehydes is 2. The van der Waals surface area contributed by atoms with Gasteiger partial charge in [0.1, 0.15) is 11.7 Å². The molecule has 220 valence electrons. The van der Waals surface area contributed by atoms with Gasteiger partial charge in [-0.05, 0) is 47.5 Å². The Morgan fingerprint density at radius 3 is 2.11 bits per heavy atom. The van der Waals surface area contributed by atoms with Crippen molar-refractivity contribution in [2.24, 2.45) is 0 Å². The van der Waals surface area contributed by atoms with Crippen LogP contribution in [0, 0.1) is 0 Å². The van der Waals surface area contributed by atoms with E-state index in [2.05, 4.69) is 46.1 Å². The van der Waals surface area contributed by atoms with Crippen LogP contribution < -0.4 is 0 Å². The monoisotopic (exact) mass is 591 g/mol. The fourth-order valence-electron chi connectivity index (χ4n) is 6.83. The number of aromatic nitrogens is 3. The quantitative estimate of drug-likeness (QED) is 0.153. The molecule has 4 aromatic carbocycles. The third kappa shape index (κ3) is 4.16. The zero-order chi connectivity index (χ0) is 30.7. The normalized spacial score (nSPS) is 13.2. The standard InChI is InChI=1S/C38H29N3O4/c1-21(31-20-45-35-10-6-4-8-25(31)35)36-30(19-43)27-16-23(12-14-34(27)40-36)22-11-13-32-26(15-22)28(17-39-32)38(44-2)37-29(18-42)24-7-3-5-9-33(24)41-37/h3-21,38-41H,1-2H3. The highest BCUT2D eigenvalue weighted by Crippen LogP contribution is 2.39. The largest absolute Gasteiger partial charge is 0.464 e. The minimum absolute atomic E-state index is 0.0738. The molecule has 2 atom stereocenters. The molecule has 0 fully saturated rings. The van der Waals surface area contributed by atoms with Crippen LogP contribution in [0.4, 0.5) is 0 Å². The van der Waals surface area contributed by atoms with E-state index < -0.39 is 6.10 Å². The van der Waals surface area contributed by atoms with Crippen molar-refractivity contribution >= 4 is 56.3 Å². The Balaban J connectivity index is 1.21. The number of hydrogen-bond acceptors (Lipinski definition) is 4. The molecule has 7 nitrogen and oxygen atoms in total. The second-order valence-electron chi connectivity index (χ2n) is 11.5. The van der Waals surface area contributed by atoms with Gasteiger partial charge in [0.05, 0.1) is 12.0 Å². The fourth-order valence-corrected chi connectivity index (χ4v) is 6.83. The molecule has 0 aliphatic carbocycles. The van der Waals surface area contributed by atoms with Gasteiger partial charge in [-0.15, -0.1) is 0 Å². The van der Waals surface area contributed by atoms with Gasteiger partial charge < -0.3 is 24.1 Å². The Bertz CT molecular complexity index is 2400. The summed E-state index contributed by atoms with van der Waals surface area (Å²) in [6, 6.07) is 28.1. The van der Waals surface area contributed by atoms with Gasteiger partial charge in [-0.2, -0.15) is 0 Å². The minimum Gasteiger partial charge on any atom is -0.464 e. The van der Waals surface area contributed by atoms with Crippen molar-refractivity contribution < 1.29 is 18.7 Å². The van der Waals surface area contributed by atoms with E-state index in [1.165, 1.54) is 0 Å². The van der Waals surface area contributed by atoms with Gasteiger partial charge in [0.25, 0.3) is 0 Å². The van der Waals surface area contributed by atoms with Crippen LogP contribution in [0.5, 0.6) is 0 Å². The van der Waals surface area contributed by atoms with Gasteiger partial charge in [0.15, 0.2) is 12.6 Å². The first-order valence-corrected chi connectivity index (χ1v) is 14.9. The van der Waals surface area contributed by atoms with Gasteiger partial charge in [-0.1, -0.05) is 55.5 Å². The number of aromatic amines is 3. The molecule has 4 heterocycles. The molecule has 0 aliphatic heterocycles. The summed E-state index contributed by atoms with van der Waals surface area (Å²) in [5, 5.41) is 3.76. The number of furan rings is 1. The van der Waals surface area contributed by atoms with E-state index in [-0.39, 0.29) is 5.92 Å². The van der Waals surface area contributed by atoms with Gasteiger partial charge in [0.2, 0.25) is 0 Å². The van der Waals surface area contributed by atoms with Crippen molar-refractivity contribution in [2.75, 3.05) is 7.11 Å². The Kier molecular flexibility index (Phi) is 6.29. The van der Waals surface area contributed by atoms with Crippen molar-refractivity contribution in [3.63, 3.8) is 0 Å². The number of methoxy groups -OCH3 is 1. The molecule has 2 unspecified atom stereocenters. The van der Waals surface area contributed by atoms with E-state index in [1.54, 1.807) is 13.4 Å². The van der Waals surface area contributed by atoms with E-state index in [9.17, 15) is 9.59 Å². The Labute approximate surface area is 257 Å². The number of H-pyrrole nitrogens is 3. The lowest BCUT2D eigenvalue weighted by Crippen LogP contribution is -2.06. The van der Waals surface area contributed by atoms with Crippen molar-refractivity contribution in [2.45, 2.75) is 18.9 Å². The summed E-state index contributed by atoms with van der Waals surface area (Å²) in [6.07, 6.45) is 5.07. The maximum atomic E-state index is 12.5. The van der Waals surface area contributed by atoms with Gasteiger partial charge in [-0.25, -0.2) is 0 Å². The third-order valence-corrected chi connectivity index (χ3v) is 9.12. The van der Waals surface area contributed by atoms with E-state index in [1.807, 2.05) is 66.9 Å². The predicted octanol–water partition coefficient (Wildman–Crippen LogP) is 9.06. The zero-order valence-electron chi connectivity index (χ0n) is 24.7. The Hall–Kier alpha value is -5.66. The summed E-state index contributed by atoms with van der Waals surface area (Å²) < 4.78 is 11.8. The number of hydrogen-bond donors (Lipinski definition) is 3. The third-order valence-electron chi connectivity index (χ3n) is 9.12. The lowest BCUT2D eigenvalue weighted by atomic mass is 9.93. The number of fused-ring (bicyclic) bond motifs is 4.